The lowest BCUT2D eigenvalue weighted by Gasteiger charge is -2.27. The Morgan fingerprint density at radius 2 is 2.27 bits per heavy atom. The van der Waals surface area contributed by atoms with Crippen LogP contribution in [0.25, 0.3) is 0 Å². The largest absolute Gasteiger partial charge is 0.366 e. The molecule has 1 aliphatic carbocycles. The van der Waals surface area contributed by atoms with Crippen LogP contribution in [0.15, 0.2) is 0 Å². The van der Waals surface area contributed by atoms with E-state index < -0.39 is 0 Å². The minimum absolute atomic E-state index is 0. The lowest BCUT2D eigenvalue weighted by molar-refractivity contribution is -0.134. The Labute approximate surface area is 96.5 Å². The van der Waals surface area contributed by atoms with Crippen molar-refractivity contribution in [3.63, 3.8) is 0 Å². The zero-order chi connectivity index (χ0) is 9.80. The van der Waals surface area contributed by atoms with Gasteiger partial charge in [-0.1, -0.05) is 6.42 Å². The van der Waals surface area contributed by atoms with Crippen molar-refractivity contribution in [3.05, 3.63) is 0 Å². The number of hydrogen-bond acceptors (Lipinski definition) is 3. The molecule has 15 heavy (non-hydrogen) atoms. The van der Waals surface area contributed by atoms with Crippen molar-refractivity contribution >= 4 is 18.3 Å². The van der Waals surface area contributed by atoms with Crippen molar-refractivity contribution in [2.75, 3.05) is 26.2 Å². The van der Waals surface area contributed by atoms with Crippen LogP contribution in [-0.4, -0.2) is 38.3 Å². The minimum Gasteiger partial charge on any atom is -0.366 e. The molecule has 0 bridgehead atoms. The number of ether oxygens (including phenoxy) is 1. The number of carbonyl (C=O) groups excluding carboxylic acids is 1. The number of morpholine rings is 1. The van der Waals surface area contributed by atoms with Crippen LogP contribution < -0.4 is 10.6 Å². The summed E-state index contributed by atoms with van der Waals surface area (Å²) < 4.78 is 5.35. The Balaban J connectivity index is 0.00000112. The highest BCUT2D eigenvalue weighted by Crippen LogP contribution is 2.25. The first-order chi connectivity index (χ1) is 6.86. The van der Waals surface area contributed by atoms with E-state index in [2.05, 4.69) is 10.6 Å². The minimum atomic E-state index is -0.274. The molecule has 0 aromatic carbocycles. The Kier molecular flexibility index (Phi) is 5.36. The van der Waals surface area contributed by atoms with Gasteiger partial charge in [-0.3, -0.25) is 4.79 Å². The molecule has 0 spiro atoms. The average molecular weight is 235 g/mol. The quantitative estimate of drug-likeness (QED) is 0.739. The second-order valence-corrected chi connectivity index (χ2v) is 4.11. The van der Waals surface area contributed by atoms with E-state index in [-0.39, 0.29) is 24.4 Å². The summed E-state index contributed by atoms with van der Waals surface area (Å²) in [5.74, 6) is 0.764. The van der Waals surface area contributed by atoms with Crippen LogP contribution in [0, 0.1) is 5.92 Å². The zero-order valence-electron chi connectivity index (χ0n) is 8.83. The first-order valence-electron chi connectivity index (χ1n) is 5.46. The zero-order valence-corrected chi connectivity index (χ0v) is 9.65. The normalized spacial score (nSPS) is 26.3. The number of nitrogens with one attached hydrogen (secondary N) is 2. The summed E-state index contributed by atoms with van der Waals surface area (Å²) in [5.41, 5.74) is 0. The predicted octanol–water partition coefficient (Wildman–Crippen LogP) is 0.313. The highest BCUT2D eigenvalue weighted by Gasteiger charge is 2.23. The molecular formula is C10H19ClN2O2. The van der Waals surface area contributed by atoms with Crippen molar-refractivity contribution in [3.8, 4) is 0 Å². The van der Waals surface area contributed by atoms with Gasteiger partial charge in [0, 0.05) is 19.6 Å². The molecule has 2 aliphatic rings. The number of halogens is 1. The second kappa shape index (κ2) is 6.30. The molecule has 1 saturated heterocycles. The van der Waals surface area contributed by atoms with Gasteiger partial charge in [0.2, 0.25) is 5.91 Å². The highest BCUT2D eigenvalue weighted by atomic mass is 35.5. The summed E-state index contributed by atoms with van der Waals surface area (Å²) in [5, 5.41) is 6.10. The molecule has 0 unspecified atom stereocenters. The third-order valence-electron chi connectivity index (χ3n) is 3.01. The van der Waals surface area contributed by atoms with E-state index in [1.807, 2.05) is 0 Å². The fraction of sp³-hybridized carbons (Fsp3) is 0.900. The van der Waals surface area contributed by atoms with Crippen molar-refractivity contribution in [1.29, 1.82) is 0 Å². The Hall–Kier alpha value is -0.320. The maximum absolute atomic E-state index is 11.6. The smallest absolute Gasteiger partial charge is 0.250 e. The number of carbonyl (C=O) groups is 1. The van der Waals surface area contributed by atoms with Crippen LogP contribution >= 0.6 is 12.4 Å². The Bertz CT molecular complexity index is 204. The van der Waals surface area contributed by atoms with E-state index in [0.717, 1.165) is 19.0 Å². The topological polar surface area (TPSA) is 50.4 Å². The Morgan fingerprint density at radius 1 is 1.47 bits per heavy atom. The first kappa shape index (κ1) is 12.7. The highest BCUT2D eigenvalue weighted by molar-refractivity contribution is 5.85. The maximum atomic E-state index is 11.6. The lowest BCUT2D eigenvalue weighted by atomic mass is 9.85. The molecule has 2 N–H and O–H groups in total. The molecule has 4 nitrogen and oxygen atoms in total. The number of rotatable bonds is 3. The van der Waals surface area contributed by atoms with Crippen LogP contribution in [0.4, 0.5) is 0 Å². The summed E-state index contributed by atoms with van der Waals surface area (Å²) in [6.07, 6.45) is 3.58. The van der Waals surface area contributed by atoms with E-state index in [1.54, 1.807) is 0 Å². The van der Waals surface area contributed by atoms with Gasteiger partial charge in [-0.2, -0.15) is 0 Å². The van der Waals surface area contributed by atoms with E-state index >= 15 is 0 Å². The van der Waals surface area contributed by atoms with Crippen molar-refractivity contribution in [1.82, 2.24) is 10.6 Å². The fourth-order valence-corrected chi connectivity index (χ4v) is 1.79. The molecule has 1 saturated carbocycles. The van der Waals surface area contributed by atoms with Gasteiger partial charge < -0.3 is 15.4 Å². The lowest BCUT2D eigenvalue weighted by Crippen LogP contribution is -2.49. The molecule has 1 atom stereocenters. The van der Waals surface area contributed by atoms with Crippen molar-refractivity contribution < 1.29 is 9.53 Å². The third kappa shape index (κ3) is 3.63. The summed E-state index contributed by atoms with van der Waals surface area (Å²) in [6, 6.07) is 0. The maximum Gasteiger partial charge on any atom is 0.250 e. The van der Waals surface area contributed by atoms with Gasteiger partial charge in [-0.25, -0.2) is 0 Å². The molecule has 1 aliphatic heterocycles. The van der Waals surface area contributed by atoms with Gasteiger partial charge in [0.25, 0.3) is 0 Å². The summed E-state index contributed by atoms with van der Waals surface area (Å²) in [6.45, 7) is 2.98. The van der Waals surface area contributed by atoms with E-state index in [4.69, 9.17) is 4.74 Å². The van der Waals surface area contributed by atoms with Crippen LogP contribution in [0.1, 0.15) is 19.3 Å². The molecule has 5 heteroatoms. The van der Waals surface area contributed by atoms with Crippen LogP contribution in [0.3, 0.4) is 0 Å². The van der Waals surface area contributed by atoms with Gasteiger partial charge >= 0.3 is 0 Å². The van der Waals surface area contributed by atoms with Gasteiger partial charge in [0.1, 0.15) is 6.10 Å². The molecule has 0 radical (unpaired) electrons. The summed E-state index contributed by atoms with van der Waals surface area (Å²) in [4.78, 5) is 11.6. The fourth-order valence-electron chi connectivity index (χ4n) is 1.79. The van der Waals surface area contributed by atoms with Crippen LogP contribution in [-0.2, 0) is 9.53 Å². The van der Waals surface area contributed by atoms with Gasteiger partial charge in [0.05, 0.1) is 6.61 Å². The van der Waals surface area contributed by atoms with Crippen molar-refractivity contribution in [2.45, 2.75) is 25.4 Å². The number of hydrogen-bond donors (Lipinski definition) is 2. The SMILES string of the molecule is Cl.O=C(NCC1CCC1)[C@@H]1CNCCO1. The van der Waals surface area contributed by atoms with Gasteiger partial charge in [0.15, 0.2) is 0 Å². The summed E-state index contributed by atoms with van der Waals surface area (Å²) in [7, 11) is 0. The summed E-state index contributed by atoms with van der Waals surface area (Å²) >= 11 is 0. The molecule has 1 amide bonds. The third-order valence-corrected chi connectivity index (χ3v) is 3.01. The molecule has 0 aromatic rings. The number of amides is 1. The molecule has 1 heterocycles. The monoisotopic (exact) mass is 234 g/mol. The van der Waals surface area contributed by atoms with Crippen LogP contribution in [0.5, 0.6) is 0 Å². The predicted molar refractivity (Wildman–Crippen MR) is 60.2 cm³/mol. The second-order valence-electron chi connectivity index (χ2n) is 4.11. The van der Waals surface area contributed by atoms with E-state index in [0.29, 0.717) is 13.2 Å². The standard InChI is InChI=1S/C10H18N2O2.ClH/c13-10(9-7-11-4-5-14-9)12-6-8-2-1-3-8;/h8-9,11H,1-7H2,(H,12,13);1H/t9-;/m0./s1. The van der Waals surface area contributed by atoms with E-state index in [9.17, 15) is 4.79 Å². The molecule has 88 valence electrons. The molecule has 0 aromatic heterocycles. The molecular weight excluding hydrogens is 216 g/mol. The van der Waals surface area contributed by atoms with Gasteiger partial charge in [-0.05, 0) is 18.8 Å². The average Bonchev–Trinajstić information content (AvgIpc) is 2.16. The molecule has 2 rings (SSSR count). The van der Waals surface area contributed by atoms with Crippen molar-refractivity contribution in [2.24, 2.45) is 5.92 Å². The first-order valence-corrected chi connectivity index (χ1v) is 5.46. The van der Waals surface area contributed by atoms with E-state index in [1.165, 1.54) is 19.3 Å². The van der Waals surface area contributed by atoms with Gasteiger partial charge in [-0.15, -0.1) is 12.4 Å². The van der Waals surface area contributed by atoms with Crippen LogP contribution in [0.2, 0.25) is 0 Å². The Morgan fingerprint density at radius 3 is 2.80 bits per heavy atom. The molecule has 2 fully saturated rings.